The van der Waals surface area contributed by atoms with Gasteiger partial charge in [0.05, 0.1) is 5.75 Å². The van der Waals surface area contributed by atoms with Crippen LogP contribution in [0.5, 0.6) is 0 Å². The average Bonchev–Trinajstić information content (AvgIpc) is 2.77. The molecule has 0 aromatic heterocycles. The lowest BCUT2D eigenvalue weighted by molar-refractivity contribution is 0.115. The van der Waals surface area contributed by atoms with Crippen LogP contribution < -0.4 is 5.32 Å². The van der Waals surface area contributed by atoms with Crippen LogP contribution in [-0.2, 0) is 9.84 Å². The van der Waals surface area contributed by atoms with E-state index >= 15 is 0 Å². The number of halogens is 1. The standard InChI is InChI=1S/C17H33N3O2S.HI/c1-3-23(21,22)14-12-19-16(18-2)20-13-8-11-17(15-20)9-6-4-5-7-10-17;/h3-15H2,1-2H3,(H,18,19);1H. The molecule has 0 amide bonds. The van der Waals surface area contributed by atoms with Gasteiger partial charge in [-0.1, -0.05) is 32.6 Å². The Morgan fingerprint density at radius 1 is 1.12 bits per heavy atom. The molecular weight excluding hydrogens is 437 g/mol. The van der Waals surface area contributed by atoms with Crippen LogP contribution >= 0.6 is 24.0 Å². The number of nitrogens with zero attached hydrogens (tertiary/aromatic N) is 2. The first-order valence-electron chi connectivity index (χ1n) is 9.16. The molecule has 7 heteroatoms. The molecule has 5 nitrogen and oxygen atoms in total. The molecule has 1 N–H and O–H groups in total. The van der Waals surface area contributed by atoms with Crippen molar-refractivity contribution in [3.63, 3.8) is 0 Å². The van der Waals surface area contributed by atoms with Gasteiger partial charge in [-0.15, -0.1) is 24.0 Å². The topological polar surface area (TPSA) is 61.8 Å². The smallest absolute Gasteiger partial charge is 0.193 e. The minimum Gasteiger partial charge on any atom is -0.355 e. The van der Waals surface area contributed by atoms with Crippen LogP contribution in [0.4, 0.5) is 0 Å². The average molecular weight is 471 g/mol. The lowest BCUT2D eigenvalue weighted by Crippen LogP contribution is -2.51. The number of hydrogen-bond donors (Lipinski definition) is 1. The third kappa shape index (κ3) is 6.35. The van der Waals surface area contributed by atoms with E-state index in [0.29, 0.717) is 12.0 Å². The number of aliphatic imine (C=N–C) groups is 1. The fourth-order valence-corrected chi connectivity index (χ4v) is 4.77. The molecule has 1 spiro atoms. The van der Waals surface area contributed by atoms with Crippen molar-refractivity contribution in [2.45, 2.75) is 58.3 Å². The third-order valence-corrected chi connectivity index (χ3v) is 7.18. The Morgan fingerprint density at radius 2 is 1.75 bits per heavy atom. The number of rotatable bonds is 4. The third-order valence-electron chi connectivity index (χ3n) is 5.47. The number of hydrogen-bond acceptors (Lipinski definition) is 3. The molecule has 1 aliphatic heterocycles. The van der Waals surface area contributed by atoms with Crippen LogP contribution in [0.2, 0.25) is 0 Å². The van der Waals surface area contributed by atoms with E-state index in [1.54, 1.807) is 14.0 Å². The monoisotopic (exact) mass is 471 g/mol. The first kappa shape index (κ1) is 22.0. The number of sulfone groups is 1. The summed E-state index contributed by atoms with van der Waals surface area (Å²) in [6.45, 7) is 4.26. The van der Waals surface area contributed by atoms with Gasteiger partial charge in [-0.05, 0) is 31.1 Å². The summed E-state index contributed by atoms with van der Waals surface area (Å²) < 4.78 is 23.3. The van der Waals surface area contributed by atoms with Gasteiger partial charge in [-0.25, -0.2) is 8.42 Å². The fraction of sp³-hybridized carbons (Fsp3) is 0.941. The molecule has 1 aliphatic carbocycles. The first-order chi connectivity index (χ1) is 11.0. The summed E-state index contributed by atoms with van der Waals surface area (Å²) in [6, 6.07) is 0. The van der Waals surface area contributed by atoms with Crippen molar-refractivity contribution in [2.75, 3.05) is 38.2 Å². The largest absolute Gasteiger partial charge is 0.355 e. The molecule has 0 unspecified atom stereocenters. The maximum Gasteiger partial charge on any atom is 0.193 e. The van der Waals surface area contributed by atoms with E-state index in [2.05, 4.69) is 15.2 Å². The second-order valence-corrected chi connectivity index (χ2v) is 9.62. The Hall–Kier alpha value is -0.0500. The molecule has 0 aromatic carbocycles. The van der Waals surface area contributed by atoms with Gasteiger partial charge in [0.25, 0.3) is 0 Å². The second kappa shape index (κ2) is 10.2. The van der Waals surface area contributed by atoms with E-state index in [0.717, 1.165) is 19.0 Å². The van der Waals surface area contributed by atoms with E-state index < -0.39 is 9.84 Å². The molecule has 0 radical (unpaired) electrons. The van der Waals surface area contributed by atoms with Crippen molar-refractivity contribution in [1.29, 1.82) is 0 Å². The first-order valence-corrected chi connectivity index (χ1v) is 11.0. The highest BCUT2D eigenvalue weighted by atomic mass is 127. The Balaban J connectivity index is 0.00000288. The molecule has 0 aromatic rings. The minimum atomic E-state index is -2.92. The Bertz CT molecular complexity index is 500. The molecule has 1 saturated carbocycles. The van der Waals surface area contributed by atoms with Gasteiger partial charge in [0.2, 0.25) is 0 Å². The highest BCUT2D eigenvalue weighted by molar-refractivity contribution is 14.0. The van der Waals surface area contributed by atoms with Crippen LogP contribution in [-0.4, -0.2) is 57.5 Å². The van der Waals surface area contributed by atoms with Crippen molar-refractivity contribution < 1.29 is 8.42 Å². The number of guanidine groups is 1. The number of likely N-dealkylation sites (tertiary alicyclic amines) is 1. The van der Waals surface area contributed by atoms with Crippen molar-refractivity contribution in [2.24, 2.45) is 10.4 Å². The predicted octanol–water partition coefficient (Wildman–Crippen LogP) is 3.05. The Morgan fingerprint density at radius 3 is 2.33 bits per heavy atom. The Labute approximate surface area is 165 Å². The highest BCUT2D eigenvalue weighted by Crippen LogP contribution is 2.42. The molecular formula is C17H34IN3O2S. The van der Waals surface area contributed by atoms with Crippen LogP contribution in [0.3, 0.4) is 0 Å². The van der Waals surface area contributed by atoms with Gasteiger partial charge < -0.3 is 10.2 Å². The zero-order valence-electron chi connectivity index (χ0n) is 15.2. The van der Waals surface area contributed by atoms with E-state index in [1.165, 1.54) is 51.4 Å². The van der Waals surface area contributed by atoms with Crippen molar-refractivity contribution >= 4 is 39.8 Å². The van der Waals surface area contributed by atoms with Gasteiger partial charge >= 0.3 is 0 Å². The normalized spacial score (nSPS) is 21.9. The van der Waals surface area contributed by atoms with Crippen molar-refractivity contribution in [1.82, 2.24) is 10.2 Å². The summed E-state index contributed by atoms with van der Waals surface area (Å²) in [5.74, 6) is 1.27. The zero-order chi connectivity index (χ0) is 16.8. The fourth-order valence-electron chi connectivity index (χ4n) is 4.07. The number of nitrogens with one attached hydrogen (secondary N) is 1. The van der Waals surface area contributed by atoms with Crippen LogP contribution in [0.1, 0.15) is 58.3 Å². The van der Waals surface area contributed by atoms with Crippen LogP contribution in [0.25, 0.3) is 0 Å². The SMILES string of the molecule is CCS(=O)(=O)CCNC(=NC)N1CCCC2(CCCCCC2)C1.I. The molecule has 24 heavy (non-hydrogen) atoms. The van der Waals surface area contributed by atoms with Gasteiger partial charge in [0.15, 0.2) is 15.8 Å². The molecule has 2 rings (SSSR count). The molecule has 1 heterocycles. The lowest BCUT2D eigenvalue weighted by atomic mass is 9.74. The van der Waals surface area contributed by atoms with Gasteiger partial charge in [0, 0.05) is 32.4 Å². The minimum absolute atomic E-state index is 0. The molecule has 2 aliphatic rings. The number of piperidine rings is 1. The summed E-state index contributed by atoms with van der Waals surface area (Å²) in [7, 11) is -1.13. The maximum absolute atomic E-state index is 11.6. The Kier molecular flexibility index (Phi) is 9.33. The quantitative estimate of drug-likeness (QED) is 0.389. The van der Waals surface area contributed by atoms with E-state index in [4.69, 9.17) is 0 Å². The summed E-state index contributed by atoms with van der Waals surface area (Å²) in [5.41, 5.74) is 0.460. The van der Waals surface area contributed by atoms with Crippen LogP contribution in [0.15, 0.2) is 4.99 Å². The summed E-state index contributed by atoms with van der Waals surface area (Å²) >= 11 is 0. The van der Waals surface area contributed by atoms with Crippen molar-refractivity contribution in [3.8, 4) is 0 Å². The summed E-state index contributed by atoms with van der Waals surface area (Å²) in [5, 5.41) is 3.26. The van der Waals surface area contributed by atoms with Gasteiger partial charge in [0.1, 0.15) is 0 Å². The second-order valence-electron chi connectivity index (χ2n) is 7.15. The summed E-state index contributed by atoms with van der Waals surface area (Å²) in [4.78, 5) is 6.75. The van der Waals surface area contributed by atoms with Gasteiger partial charge in [-0.3, -0.25) is 4.99 Å². The molecule has 2 fully saturated rings. The molecule has 1 saturated heterocycles. The van der Waals surface area contributed by atoms with E-state index in [1.807, 2.05) is 0 Å². The van der Waals surface area contributed by atoms with E-state index in [-0.39, 0.29) is 35.5 Å². The lowest BCUT2D eigenvalue weighted by Gasteiger charge is -2.44. The molecule has 142 valence electrons. The van der Waals surface area contributed by atoms with Crippen molar-refractivity contribution in [3.05, 3.63) is 0 Å². The van der Waals surface area contributed by atoms with Crippen LogP contribution in [0, 0.1) is 5.41 Å². The molecule has 0 atom stereocenters. The highest BCUT2D eigenvalue weighted by Gasteiger charge is 2.36. The predicted molar refractivity (Wildman–Crippen MR) is 112 cm³/mol. The molecule has 0 bridgehead atoms. The van der Waals surface area contributed by atoms with Gasteiger partial charge in [-0.2, -0.15) is 0 Å². The summed E-state index contributed by atoms with van der Waals surface area (Å²) in [6.07, 6.45) is 10.7. The maximum atomic E-state index is 11.6. The van der Waals surface area contributed by atoms with E-state index in [9.17, 15) is 8.42 Å². The zero-order valence-corrected chi connectivity index (χ0v) is 18.4.